The van der Waals surface area contributed by atoms with Gasteiger partial charge in [0.05, 0.1) is 21.0 Å². The standard InChI is InChI=1S/C28H26N4OS2/c1-3-24(26(33)32-28-31-23-11-9-17(2)13-25(23)35-28)34-27-21(16-29)15-20-14-19(10-12-22(20)30-27)18-7-5-4-6-8-18/h4-9,11,13,15,19,24H,3,10,12,14H2,1-2H3,(H,31,32,33). The number of benzene rings is 2. The molecule has 35 heavy (non-hydrogen) atoms. The fourth-order valence-corrected chi connectivity index (χ4v) is 6.52. The summed E-state index contributed by atoms with van der Waals surface area (Å²) in [5.41, 5.74) is 6.13. The summed E-state index contributed by atoms with van der Waals surface area (Å²) < 4.78 is 1.05. The molecule has 2 aromatic carbocycles. The number of thioether (sulfide) groups is 1. The van der Waals surface area contributed by atoms with Gasteiger partial charge in [0.2, 0.25) is 5.91 Å². The average molecular weight is 499 g/mol. The van der Waals surface area contributed by atoms with E-state index in [9.17, 15) is 10.1 Å². The fourth-order valence-electron chi connectivity index (χ4n) is 4.55. The molecular formula is C28H26N4OS2. The summed E-state index contributed by atoms with van der Waals surface area (Å²) in [5, 5.41) is 13.7. The quantitative estimate of drug-likeness (QED) is 0.301. The average Bonchev–Trinajstić information content (AvgIpc) is 3.28. The largest absolute Gasteiger partial charge is 0.301 e. The van der Waals surface area contributed by atoms with Crippen molar-refractivity contribution in [3.63, 3.8) is 0 Å². The van der Waals surface area contributed by atoms with Crippen LogP contribution in [0.5, 0.6) is 0 Å². The van der Waals surface area contributed by atoms with Gasteiger partial charge in [0, 0.05) is 5.69 Å². The lowest BCUT2D eigenvalue weighted by atomic mass is 9.82. The second-order valence-electron chi connectivity index (χ2n) is 8.90. The number of anilines is 1. The molecule has 176 valence electrons. The molecule has 5 nitrogen and oxygen atoms in total. The Labute approximate surface area is 213 Å². The van der Waals surface area contributed by atoms with Crippen molar-refractivity contribution in [1.29, 1.82) is 5.26 Å². The van der Waals surface area contributed by atoms with Crippen molar-refractivity contribution in [3.05, 3.63) is 82.5 Å². The van der Waals surface area contributed by atoms with Gasteiger partial charge in [0.1, 0.15) is 11.1 Å². The molecule has 2 atom stereocenters. The summed E-state index contributed by atoms with van der Waals surface area (Å²) in [7, 11) is 0. The van der Waals surface area contributed by atoms with E-state index < -0.39 is 0 Å². The summed E-state index contributed by atoms with van der Waals surface area (Å²) >= 11 is 2.86. The summed E-state index contributed by atoms with van der Waals surface area (Å²) in [6.45, 7) is 4.02. The first kappa shape index (κ1) is 23.5. The predicted octanol–water partition coefficient (Wildman–Crippen LogP) is 6.65. The highest BCUT2D eigenvalue weighted by Crippen LogP contribution is 2.36. The topological polar surface area (TPSA) is 78.7 Å². The molecule has 0 radical (unpaired) electrons. The molecule has 0 bridgehead atoms. The molecule has 1 aliphatic carbocycles. The second kappa shape index (κ2) is 10.2. The van der Waals surface area contributed by atoms with Crippen LogP contribution in [0.2, 0.25) is 0 Å². The molecule has 2 unspecified atom stereocenters. The number of hydrogen-bond donors (Lipinski definition) is 1. The Morgan fingerprint density at radius 3 is 2.83 bits per heavy atom. The van der Waals surface area contributed by atoms with Gasteiger partial charge in [-0.2, -0.15) is 5.26 Å². The number of rotatable bonds is 6. The first-order chi connectivity index (χ1) is 17.0. The van der Waals surface area contributed by atoms with Crippen LogP contribution in [0, 0.1) is 18.3 Å². The van der Waals surface area contributed by atoms with Crippen LogP contribution in [0.15, 0.2) is 59.6 Å². The number of fused-ring (bicyclic) bond motifs is 2. The number of amides is 1. The Hall–Kier alpha value is -3.21. The molecular weight excluding hydrogens is 472 g/mol. The lowest BCUT2D eigenvalue weighted by Gasteiger charge is -2.25. The molecule has 5 rings (SSSR count). The van der Waals surface area contributed by atoms with E-state index in [-0.39, 0.29) is 11.2 Å². The van der Waals surface area contributed by atoms with Gasteiger partial charge in [-0.25, -0.2) is 9.97 Å². The third-order valence-corrected chi connectivity index (χ3v) is 8.73. The molecule has 1 N–H and O–H groups in total. The highest BCUT2D eigenvalue weighted by molar-refractivity contribution is 8.00. The van der Waals surface area contributed by atoms with Crippen LogP contribution in [0.25, 0.3) is 10.2 Å². The Bertz CT molecular complexity index is 1420. The van der Waals surface area contributed by atoms with Crippen LogP contribution < -0.4 is 5.32 Å². The first-order valence-corrected chi connectivity index (χ1v) is 13.6. The van der Waals surface area contributed by atoms with Crippen LogP contribution in [0.1, 0.15) is 53.6 Å². The van der Waals surface area contributed by atoms with Crippen molar-refractivity contribution < 1.29 is 4.79 Å². The minimum Gasteiger partial charge on any atom is -0.301 e. The van der Waals surface area contributed by atoms with Crippen molar-refractivity contribution in [2.24, 2.45) is 0 Å². The summed E-state index contributed by atoms with van der Waals surface area (Å²) in [6, 6.07) is 20.9. The summed E-state index contributed by atoms with van der Waals surface area (Å²) in [6.07, 6.45) is 3.43. The Balaban J connectivity index is 1.33. The van der Waals surface area contributed by atoms with E-state index in [1.54, 1.807) is 0 Å². The fraction of sp³-hybridized carbons (Fsp3) is 0.286. The van der Waals surface area contributed by atoms with E-state index in [1.807, 2.05) is 38.1 Å². The highest BCUT2D eigenvalue weighted by Gasteiger charge is 2.26. The van der Waals surface area contributed by atoms with E-state index >= 15 is 0 Å². The number of thiazole rings is 1. The molecule has 1 aliphatic rings. The van der Waals surface area contributed by atoms with Gasteiger partial charge in [-0.15, -0.1) is 0 Å². The Morgan fingerprint density at radius 1 is 1.23 bits per heavy atom. The Kier molecular flexibility index (Phi) is 6.85. The van der Waals surface area contributed by atoms with Crippen LogP contribution in [-0.4, -0.2) is 21.1 Å². The van der Waals surface area contributed by atoms with Crippen LogP contribution in [0.4, 0.5) is 5.13 Å². The number of aryl methyl sites for hydroxylation is 2. The molecule has 7 heteroatoms. The zero-order valence-corrected chi connectivity index (χ0v) is 21.4. The molecule has 1 amide bonds. The van der Waals surface area contributed by atoms with E-state index in [4.69, 9.17) is 4.98 Å². The minimum atomic E-state index is -0.359. The van der Waals surface area contributed by atoms with Crippen LogP contribution in [-0.2, 0) is 17.6 Å². The zero-order valence-electron chi connectivity index (χ0n) is 19.7. The lowest BCUT2D eigenvalue weighted by molar-refractivity contribution is -0.115. The van der Waals surface area contributed by atoms with E-state index in [0.717, 1.165) is 40.7 Å². The van der Waals surface area contributed by atoms with Crippen molar-refractivity contribution >= 4 is 44.4 Å². The Morgan fingerprint density at radius 2 is 2.06 bits per heavy atom. The van der Waals surface area contributed by atoms with Gasteiger partial charge >= 0.3 is 0 Å². The molecule has 0 saturated heterocycles. The maximum Gasteiger partial charge on any atom is 0.239 e. The van der Waals surface area contributed by atoms with Crippen LogP contribution in [0.3, 0.4) is 0 Å². The normalized spacial score (nSPS) is 15.9. The number of hydrogen-bond acceptors (Lipinski definition) is 6. The van der Waals surface area contributed by atoms with Crippen molar-refractivity contribution in [1.82, 2.24) is 9.97 Å². The van der Waals surface area contributed by atoms with Gasteiger partial charge in [-0.1, -0.05) is 66.4 Å². The van der Waals surface area contributed by atoms with Crippen LogP contribution >= 0.6 is 23.1 Å². The molecule has 0 saturated carbocycles. The second-order valence-corrected chi connectivity index (χ2v) is 11.1. The molecule has 0 spiro atoms. The molecule has 4 aromatic rings. The van der Waals surface area contributed by atoms with E-state index in [1.165, 1.54) is 34.2 Å². The third-order valence-electron chi connectivity index (χ3n) is 6.43. The van der Waals surface area contributed by atoms with Gasteiger partial charge in [0.15, 0.2) is 5.13 Å². The number of carbonyl (C=O) groups excluding carboxylic acids is 1. The highest BCUT2D eigenvalue weighted by atomic mass is 32.2. The van der Waals surface area contributed by atoms with Gasteiger partial charge in [0.25, 0.3) is 0 Å². The third kappa shape index (κ3) is 5.09. The number of aromatic nitrogens is 2. The number of carbonyl (C=O) groups is 1. The van der Waals surface area contributed by atoms with E-state index in [0.29, 0.717) is 28.1 Å². The van der Waals surface area contributed by atoms with Gasteiger partial charge in [-0.3, -0.25) is 4.79 Å². The van der Waals surface area contributed by atoms with E-state index in [2.05, 4.69) is 46.7 Å². The molecule has 0 aliphatic heterocycles. The minimum absolute atomic E-state index is 0.110. The van der Waals surface area contributed by atoms with Crippen molar-refractivity contribution in [2.45, 2.75) is 55.7 Å². The van der Waals surface area contributed by atoms with Crippen molar-refractivity contribution in [3.8, 4) is 6.07 Å². The zero-order chi connectivity index (χ0) is 24.4. The number of pyridine rings is 1. The summed E-state index contributed by atoms with van der Waals surface area (Å²) in [4.78, 5) is 22.5. The maximum absolute atomic E-state index is 13.1. The number of nitriles is 1. The monoisotopic (exact) mass is 498 g/mol. The van der Waals surface area contributed by atoms with Crippen molar-refractivity contribution in [2.75, 3.05) is 5.32 Å². The smallest absolute Gasteiger partial charge is 0.239 e. The summed E-state index contributed by atoms with van der Waals surface area (Å²) in [5.74, 6) is 0.336. The first-order valence-electron chi connectivity index (χ1n) is 11.9. The van der Waals surface area contributed by atoms with Gasteiger partial charge < -0.3 is 5.32 Å². The number of nitrogens with zero attached hydrogens (tertiary/aromatic N) is 3. The number of nitrogens with one attached hydrogen (secondary N) is 1. The molecule has 2 aromatic heterocycles. The lowest BCUT2D eigenvalue weighted by Crippen LogP contribution is -2.25. The maximum atomic E-state index is 13.1. The molecule has 2 heterocycles. The van der Waals surface area contributed by atoms with Gasteiger partial charge in [-0.05, 0) is 73.4 Å². The SMILES string of the molecule is CCC(Sc1nc2c(cc1C#N)CC(c1ccccc1)CC2)C(=O)Nc1nc2ccc(C)cc2s1. The predicted molar refractivity (Wildman–Crippen MR) is 143 cm³/mol. The molecule has 0 fully saturated rings.